The van der Waals surface area contributed by atoms with Crippen molar-refractivity contribution < 1.29 is 19.1 Å². The number of carbonyl (C=O) groups excluding carboxylic acids is 3. The van der Waals surface area contributed by atoms with Crippen molar-refractivity contribution in [3.8, 4) is 5.75 Å². The molecule has 0 saturated heterocycles. The topological polar surface area (TPSA) is 109 Å². The Morgan fingerprint density at radius 3 is 2.25 bits per heavy atom. The maximum Gasteiger partial charge on any atom is 0.269 e. The van der Waals surface area contributed by atoms with Crippen LogP contribution >= 0.6 is 12.2 Å². The highest BCUT2D eigenvalue weighted by Gasteiger charge is 2.14. The van der Waals surface area contributed by atoms with Crippen molar-refractivity contribution in [1.29, 1.82) is 0 Å². The molecule has 0 heterocycles. The number of ether oxygens (including phenoxy) is 1. The van der Waals surface area contributed by atoms with Crippen LogP contribution in [-0.4, -0.2) is 29.4 Å². The number of hydrazine groups is 1. The second-order valence-corrected chi connectivity index (χ2v) is 8.23. The van der Waals surface area contributed by atoms with Crippen LogP contribution in [0.4, 0.5) is 5.69 Å². The van der Waals surface area contributed by atoms with E-state index in [4.69, 9.17) is 17.0 Å². The zero-order valence-electron chi connectivity index (χ0n) is 19.9. The Kier molecular flexibility index (Phi) is 9.96. The lowest BCUT2D eigenvalue weighted by molar-refractivity contribution is -0.116. The Balaban J connectivity index is 1.48. The van der Waals surface area contributed by atoms with E-state index in [1.54, 1.807) is 48.5 Å². The van der Waals surface area contributed by atoms with Crippen LogP contribution in [0.2, 0.25) is 0 Å². The molecule has 186 valence electrons. The van der Waals surface area contributed by atoms with Gasteiger partial charge >= 0.3 is 0 Å². The number of hydrogen-bond acceptors (Lipinski definition) is 5. The lowest BCUT2D eigenvalue weighted by Crippen LogP contribution is -2.48. The zero-order chi connectivity index (χ0) is 25.8. The van der Waals surface area contributed by atoms with E-state index in [0.717, 1.165) is 12.0 Å². The van der Waals surface area contributed by atoms with Crippen LogP contribution in [0.25, 0.3) is 0 Å². The maximum absolute atomic E-state index is 12.7. The van der Waals surface area contributed by atoms with E-state index in [1.165, 1.54) is 0 Å². The van der Waals surface area contributed by atoms with Crippen molar-refractivity contribution in [2.45, 2.75) is 26.2 Å². The number of carbonyl (C=O) groups is 3. The standard InChI is InChI=1S/C27H28N4O4S/c1-2-8-24(32)28-21-15-13-20(14-16-21)25(33)30-31-27(36)29-26(34)22-11-6-7-12-23(22)35-18-17-19-9-4-3-5-10-19/h3-7,9-16H,2,8,17-18H2,1H3,(H,28,32)(H,30,33)(H2,29,31,34,36). The summed E-state index contributed by atoms with van der Waals surface area (Å²) in [6.07, 6.45) is 1.88. The summed E-state index contributed by atoms with van der Waals surface area (Å²) < 4.78 is 5.83. The molecule has 3 amide bonds. The number of thiocarbonyl (C=S) groups is 1. The SMILES string of the molecule is CCCC(=O)Nc1ccc(C(=O)NNC(=S)NC(=O)c2ccccc2OCCc2ccccc2)cc1. The summed E-state index contributed by atoms with van der Waals surface area (Å²) >= 11 is 5.14. The Labute approximate surface area is 215 Å². The van der Waals surface area contributed by atoms with Gasteiger partial charge in [0, 0.05) is 24.1 Å². The van der Waals surface area contributed by atoms with Crippen molar-refractivity contribution in [2.24, 2.45) is 0 Å². The number of hydrogen-bond donors (Lipinski definition) is 4. The smallest absolute Gasteiger partial charge is 0.269 e. The number of anilines is 1. The third kappa shape index (κ3) is 8.21. The number of nitrogens with one attached hydrogen (secondary N) is 4. The van der Waals surface area contributed by atoms with Crippen molar-refractivity contribution >= 4 is 40.7 Å². The van der Waals surface area contributed by atoms with Crippen molar-refractivity contribution in [1.82, 2.24) is 16.2 Å². The molecule has 0 spiro atoms. The lowest BCUT2D eigenvalue weighted by Gasteiger charge is -2.14. The highest BCUT2D eigenvalue weighted by molar-refractivity contribution is 7.80. The fraction of sp³-hybridized carbons (Fsp3) is 0.185. The van der Waals surface area contributed by atoms with Crippen LogP contribution in [0.3, 0.4) is 0 Å². The fourth-order valence-corrected chi connectivity index (χ4v) is 3.39. The van der Waals surface area contributed by atoms with Crippen LogP contribution in [0.1, 0.15) is 46.0 Å². The predicted molar refractivity (Wildman–Crippen MR) is 143 cm³/mol. The van der Waals surface area contributed by atoms with Gasteiger partial charge in [-0.2, -0.15) is 0 Å². The average Bonchev–Trinajstić information content (AvgIpc) is 2.88. The number of amides is 3. The summed E-state index contributed by atoms with van der Waals surface area (Å²) in [6.45, 7) is 2.33. The van der Waals surface area contributed by atoms with E-state index in [1.807, 2.05) is 37.3 Å². The van der Waals surface area contributed by atoms with E-state index in [0.29, 0.717) is 42.0 Å². The Bertz CT molecular complexity index is 1200. The molecule has 0 aliphatic heterocycles. The summed E-state index contributed by atoms with van der Waals surface area (Å²) in [7, 11) is 0. The third-order valence-electron chi connectivity index (χ3n) is 5.05. The molecule has 0 unspecified atom stereocenters. The predicted octanol–water partition coefficient (Wildman–Crippen LogP) is 4.00. The van der Waals surface area contributed by atoms with Gasteiger partial charge in [-0.05, 0) is 60.6 Å². The molecule has 0 atom stereocenters. The lowest BCUT2D eigenvalue weighted by atomic mass is 10.1. The molecular weight excluding hydrogens is 476 g/mol. The van der Waals surface area contributed by atoms with Gasteiger partial charge in [-0.15, -0.1) is 0 Å². The van der Waals surface area contributed by atoms with Gasteiger partial charge in [-0.1, -0.05) is 49.4 Å². The molecule has 0 aliphatic carbocycles. The molecule has 0 aromatic heterocycles. The van der Waals surface area contributed by atoms with Gasteiger partial charge in [-0.3, -0.25) is 30.6 Å². The van der Waals surface area contributed by atoms with Crippen molar-refractivity contribution in [3.05, 3.63) is 95.6 Å². The second kappa shape index (κ2) is 13.6. The van der Waals surface area contributed by atoms with E-state index in [-0.39, 0.29) is 11.0 Å². The normalized spacial score (nSPS) is 10.1. The van der Waals surface area contributed by atoms with Crippen LogP contribution in [0, 0.1) is 0 Å². The molecule has 9 heteroatoms. The van der Waals surface area contributed by atoms with Gasteiger partial charge in [0.25, 0.3) is 11.8 Å². The van der Waals surface area contributed by atoms with Crippen molar-refractivity contribution in [2.75, 3.05) is 11.9 Å². The van der Waals surface area contributed by atoms with Gasteiger partial charge in [0.2, 0.25) is 5.91 Å². The van der Waals surface area contributed by atoms with Crippen LogP contribution < -0.4 is 26.2 Å². The molecule has 3 aromatic rings. The first kappa shape index (κ1) is 26.4. The first-order valence-corrected chi connectivity index (χ1v) is 11.9. The fourth-order valence-electron chi connectivity index (χ4n) is 3.25. The largest absolute Gasteiger partial charge is 0.492 e. The summed E-state index contributed by atoms with van der Waals surface area (Å²) in [5, 5.41) is 5.22. The number of benzene rings is 3. The van der Waals surface area contributed by atoms with Crippen LogP contribution in [0.5, 0.6) is 5.75 Å². The molecule has 0 aliphatic rings. The Morgan fingerprint density at radius 2 is 1.53 bits per heavy atom. The summed E-state index contributed by atoms with van der Waals surface area (Å²) in [6, 6.07) is 23.2. The van der Waals surface area contributed by atoms with Crippen LogP contribution in [-0.2, 0) is 11.2 Å². The molecular formula is C27H28N4O4S. The number of para-hydroxylation sites is 1. The highest BCUT2D eigenvalue weighted by atomic mass is 32.1. The summed E-state index contributed by atoms with van der Waals surface area (Å²) in [4.78, 5) is 36.8. The average molecular weight is 505 g/mol. The molecule has 8 nitrogen and oxygen atoms in total. The molecule has 4 N–H and O–H groups in total. The number of rotatable bonds is 9. The van der Waals surface area contributed by atoms with E-state index in [2.05, 4.69) is 21.5 Å². The third-order valence-corrected chi connectivity index (χ3v) is 5.25. The van der Waals surface area contributed by atoms with Crippen LogP contribution in [0.15, 0.2) is 78.9 Å². The van der Waals surface area contributed by atoms with Gasteiger partial charge in [0.15, 0.2) is 5.11 Å². The quantitative estimate of drug-likeness (QED) is 0.259. The zero-order valence-corrected chi connectivity index (χ0v) is 20.7. The molecule has 0 fully saturated rings. The highest BCUT2D eigenvalue weighted by Crippen LogP contribution is 2.18. The molecule has 0 saturated carbocycles. The van der Waals surface area contributed by atoms with Gasteiger partial charge in [-0.25, -0.2) is 0 Å². The second-order valence-electron chi connectivity index (χ2n) is 7.82. The first-order chi connectivity index (χ1) is 17.5. The van der Waals surface area contributed by atoms with Gasteiger partial charge in [0.05, 0.1) is 12.2 Å². The summed E-state index contributed by atoms with van der Waals surface area (Å²) in [5.74, 6) is -0.573. The van der Waals surface area contributed by atoms with E-state index < -0.39 is 11.8 Å². The Hall–Kier alpha value is -4.24. The maximum atomic E-state index is 12.7. The molecule has 3 aromatic carbocycles. The Morgan fingerprint density at radius 1 is 0.833 bits per heavy atom. The van der Waals surface area contributed by atoms with Crippen molar-refractivity contribution in [3.63, 3.8) is 0 Å². The molecule has 0 bridgehead atoms. The monoisotopic (exact) mass is 504 g/mol. The van der Waals surface area contributed by atoms with Gasteiger partial charge in [0.1, 0.15) is 5.75 Å². The van der Waals surface area contributed by atoms with Gasteiger partial charge < -0.3 is 10.1 Å². The first-order valence-electron chi connectivity index (χ1n) is 11.5. The van der Waals surface area contributed by atoms with E-state index >= 15 is 0 Å². The minimum absolute atomic E-state index is 0.0733. The minimum atomic E-state index is -0.468. The summed E-state index contributed by atoms with van der Waals surface area (Å²) in [5.41, 5.74) is 7.37. The minimum Gasteiger partial charge on any atom is -0.492 e. The molecule has 3 rings (SSSR count). The molecule has 36 heavy (non-hydrogen) atoms. The van der Waals surface area contributed by atoms with E-state index in [9.17, 15) is 14.4 Å². The molecule has 0 radical (unpaired) electrons.